The summed E-state index contributed by atoms with van der Waals surface area (Å²) in [5, 5.41) is 15.5. The molecule has 1 saturated heterocycles. The van der Waals surface area contributed by atoms with Gasteiger partial charge >= 0.3 is 0 Å². The topological polar surface area (TPSA) is 215 Å². The maximum Gasteiger partial charge on any atom is 0.247 e. The van der Waals surface area contributed by atoms with Gasteiger partial charge in [-0.15, -0.1) is 0 Å². The Balaban J connectivity index is 2.00. The van der Waals surface area contributed by atoms with E-state index in [2.05, 4.69) is 15.4 Å². The third kappa shape index (κ3) is 7.75. The maximum atomic E-state index is 14.0. The summed E-state index contributed by atoms with van der Waals surface area (Å²) in [7, 11) is -10.4. The fourth-order valence-corrected chi connectivity index (χ4v) is 9.32. The van der Waals surface area contributed by atoms with Gasteiger partial charge in [0.1, 0.15) is 21.3 Å². The molecule has 0 saturated carbocycles. The van der Waals surface area contributed by atoms with Crippen LogP contribution in [0, 0.1) is 0 Å². The monoisotopic (exact) mass is 648 g/mol. The molecule has 2 aromatic carbocycles. The van der Waals surface area contributed by atoms with Crippen LogP contribution in [0.5, 0.6) is 11.5 Å². The summed E-state index contributed by atoms with van der Waals surface area (Å²) < 4.78 is 92.2. The molecule has 0 spiro atoms. The summed E-state index contributed by atoms with van der Waals surface area (Å²) in [4.78, 5) is 22.2. The van der Waals surface area contributed by atoms with E-state index >= 15 is 0 Å². The van der Waals surface area contributed by atoms with Crippen molar-refractivity contribution < 1.29 is 49.4 Å². The number of sulfone groups is 1. The van der Waals surface area contributed by atoms with Gasteiger partial charge in [-0.25, -0.2) is 30.0 Å². The van der Waals surface area contributed by atoms with Crippen molar-refractivity contribution in [2.45, 2.75) is 35.8 Å². The fourth-order valence-electron chi connectivity index (χ4n) is 4.37. The predicted molar refractivity (Wildman–Crippen MR) is 152 cm³/mol. The van der Waals surface area contributed by atoms with Crippen LogP contribution in [-0.2, 0) is 39.5 Å². The van der Waals surface area contributed by atoms with E-state index in [4.69, 9.17) is 9.47 Å². The molecule has 1 aliphatic rings. The van der Waals surface area contributed by atoms with E-state index in [1.807, 2.05) is 0 Å². The van der Waals surface area contributed by atoms with Gasteiger partial charge < -0.3 is 25.2 Å². The molecule has 1 heterocycles. The van der Waals surface area contributed by atoms with Crippen LogP contribution in [0.1, 0.15) is 13.8 Å². The largest absolute Gasteiger partial charge is 0.495 e. The van der Waals surface area contributed by atoms with Crippen LogP contribution in [0.3, 0.4) is 0 Å². The smallest absolute Gasteiger partial charge is 0.247 e. The SMILES string of the molecule is COc1ccc(NC(C)=O)cc1S(=O)(=O)NCCN([C@@H]1CS(=O)(=O)C[C@@H]1O)S(=O)(=O)c1cc(NC(C)=O)ccc1OC. The number of anilines is 2. The lowest BCUT2D eigenvalue weighted by molar-refractivity contribution is -0.115. The van der Waals surface area contributed by atoms with E-state index in [0.717, 1.165) is 12.1 Å². The molecule has 1 fully saturated rings. The van der Waals surface area contributed by atoms with Crippen molar-refractivity contribution >= 4 is 53.1 Å². The van der Waals surface area contributed by atoms with Crippen LogP contribution in [-0.4, -0.2) is 97.4 Å². The zero-order chi connectivity index (χ0) is 31.5. The molecule has 4 N–H and O–H groups in total. The molecule has 2 atom stereocenters. The van der Waals surface area contributed by atoms with Gasteiger partial charge in [0.15, 0.2) is 9.84 Å². The van der Waals surface area contributed by atoms with E-state index in [1.54, 1.807) is 0 Å². The van der Waals surface area contributed by atoms with E-state index < -0.39 is 83.3 Å². The van der Waals surface area contributed by atoms with Crippen molar-refractivity contribution in [3.63, 3.8) is 0 Å². The molecule has 2 amide bonds. The number of hydrogen-bond acceptors (Lipinski definition) is 11. The normalized spacial score (nSPS) is 18.4. The highest BCUT2D eigenvalue weighted by Crippen LogP contribution is 2.33. The molecule has 0 aromatic heterocycles. The molecule has 0 unspecified atom stereocenters. The number of aliphatic hydroxyl groups is 1. The van der Waals surface area contributed by atoms with E-state index in [0.29, 0.717) is 4.31 Å². The van der Waals surface area contributed by atoms with Gasteiger partial charge in [0.05, 0.1) is 37.9 Å². The number of nitrogens with one attached hydrogen (secondary N) is 3. The molecule has 232 valence electrons. The summed E-state index contributed by atoms with van der Waals surface area (Å²) in [6, 6.07) is 6.26. The quantitative estimate of drug-likeness (QED) is 0.235. The summed E-state index contributed by atoms with van der Waals surface area (Å²) in [6.07, 6.45) is -1.60. The minimum absolute atomic E-state index is 0.0575. The first kappa shape index (κ1) is 33.2. The van der Waals surface area contributed by atoms with Crippen molar-refractivity contribution in [1.29, 1.82) is 0 Å². The lowest BCUT2D eigenvalue weighted by atomic mass is 10.2. The third-order valence-electron chi connectivity index (χ3n) is 6.13. The number of nitrogens with zero attached hydrogens (tertiary/aromatic N) is 1. The van der Waals surface area contributed by atoms with Crippen molar-refractivity contribution in [3.8, 4) is 11.5 Å². The molecule has 0 bridgehead atoms. The van der Waals surface area contributed by atoms with E-state index in [1.165, 1.54) is 52.3 Å². The standard InChI is InChI=1S/C24H32N4O11S3/c1-15(29)26-17-5-7-21(38-3)23(11-17)41(34,35)25-9-10-28(19-13-40(32,33)14-20(19)31)42(36,37)24-12-18(27-16(2)30)6-8-22(24)39-4/h5-8,11-12,19-20,25,31H,9-10,13-14H2,1-4H3,(H,26,29)(H,27,30)/t19-,20+/m1/s1. The molecule has 2 aromatic rings. The zero-order valence-corrected chi connectivity index (χ0v) is 25.6. The highest BCUT2D eigenvalue weighted by molar-refractivity contribution is 7.92. The van der Waals surface area contributed by atoms with Gasteiger partial charge in [0.2, 0.25) is 31.9 Å². The average Bonchev–Trinajstić information content (AvgIpc) is 3.16. The second kappa shape index (κ2) is 12.9. The number of methoxy groups -OCH3 is 2. The molecule has 18 heteroatoms. The zero-order valence-electron chi connectivity index (χ0n) is 23.1. The van der Waals surface area contributed by atoms with Gasteiger partial charge in [0, 0.05) is 38.3 Å². The lowest BCUT2D eigenvalue weighted by Gasteiger charge is -2.30. The Kier molecular flexibility index (Phi) is 10.2. The van der Waals surface area contributed by atoms with Crippen molar-refractivity contribution in [3.05, 3.63) is 36.4 Å². The van der Waals surface area contributed by atoms with Gasteiger partial charge in [-0.05, 0) is 36.4 Å². The van der Waals surface area contributed by atoms with Crippen molar-refractivity contribution in [2.75, 3.05) is 49.4 Å². The highest BCUT2D eigenvalue weighted by atomic mass is 32.2. The maximum absolute atomic E-state index is 14.0. The first-order valence-corrected chi connectivity index (χ1v) is 17.1. The lowest BCUT2D eigenvalue weighted by Crippen LogP contribution is -2.49. The van der Waals surface area contributed by atoms with Crippen LogP contribution in [0.4, 0.5) is 11.4 Å². The van der Waals surface area contributed by atoms with E-state index in [-0.39, 0.29) is 27.8 Å². The Morgan fingerprint density at radius 1 is 0.905 bits per heavy atom. The van der Waals surface area contributed by atoms with Gasteiger partial charge in [-0.2, -0.15) is 4.31 Å². The second-order valence-corrected chi connectivity index (χ2v) is 15.1. The number of benzene rings is 2. The second-order valence-electron chi connectivity index (χ2n) is 9.32. The summed E-state index contributed by atoms with van der Waals surface area (Å²) in [5.41, 5.74) is 0.270. The highest BCUT2D eigenvalue weighted by Gasteiger charge is 2.45. The van der Waals surface area contributed by atoms with Crippen LogP contribution in [0.15, 0.2) is 46.2 Å². The Morgan fingerprint density at radius 2 is 1.40 bits per heavy atom. The molecule has 0 aliphatic carbocycles. The van der Waals surface area contributed by atoms with Gasteiger partial charge in [0.25, 0.3) is 0 Å². The minimum atomic E-state index is -4.66. The molecule has 3 rings (SSSR count). The number of rotatable bonds is 12. The molecular weight excluding hydrogens is 616 g/mol. The molecule has 15 nitrogen and oxygen atoms in total. The van der Waals surface area contributed by atoms with Crippen molar-refractivity contribution in [2.24, 2.45) is 0 Å². The molecule has 42 heavy (non-hydrogen) atoms. The van der Waals surface area contributed by atoms with E-state index in [9.17, 15) is 39.9 Å². The summed E-state index contributed by atoms with van der Waals surface area (Å²) in [5.74, 6) is -2.51. The first-order valence-electron chi connectivity index (χ1n) is 12.3. The molecule has 1 aliphatic heterocycles. The average molecular weight is 649 g/mol. The van der Waals surface area contributed by atoms with Crippen LogP contribution in [0.25, 0.3) is 0 Å². The third-order valence-corrected chi connectivity index (χ3v) is 11.3. The van der Waals surface area contributed by atoms with Crippen molar-refractivity contribution in [1.82, 2.24) is 9.03 Å². The first-order chi connectivity index (χ1) is 19.5. The van der Waals surface area contributed by atoms with Gasteiger partial charge in [-0.3, -0.25) is 9.59 Å². The van der Waals surface area contributed by atoms with Gasteiger partial charge in [-0.1, -0.05) is 0 Å². The summed E-state index contributed by atoms with van der Waals surface area (Å²) in [6.45, 7) is 1.31. The predicted octanol–water partition coefficient (Wildman–Crippen LogP) is -0.252. The number of carbonyl (C=O) groups is 2. The molecular formula is C24H32N4O11S3. The number of aliphatic hydroxyl groups excluding tert-OH is 1. The summed E-state index contributed by atoms with van der Waals surface area (Å²) >= 11 is 0. The Hall–Kier alpha value is -3.29. The number of ether oxygens (including phenoxy) is 2. The number of sulfonamides is 2. The molecule has 0 radical (unpaired) electrons. The number of carbonyl (C=O) groups excluding carboxylic acids is 2. The number of amides is 2. The van der Waals surface area contributed by atoms with Crippen LogP contribution >= 0.6 is 0 Å². The Bertz CT molecular complexity index is 1680. The minimum Gasteiger partial charge on any atom is -0.495 e. The fraction of sp³-hybridized carbons (Fsp3) is 0.417. The van der Waals surface area contributed by atoms with Crippen LogP contribution < -0.4 is 24.8 Å². The van der Waals surface area contributed by atoms with Crippen LogP contribution in [0.2, 0.25) is 0 Å². The Labute approximate surface area is 244 Å². The Morgan fingerprint density at radius 3 is 1.86 bits per heavy atom. The number of hydrogen-bond donors (Lipinski definition) is 4.